The summed E-state index contributed by atoms with van der Waals surface area (Å²) in [6.07, 6.45) is -1.23. The van der Waals surface area contributed by atoms with E-state index >= 15 is 0 Å². The van der Waals surface area contributed by atoms with Crippen LogP contribution in [0.4, 0.5) is 10.5 Å². The first-order chi connectivity index (χ1) is 14.0. The number of carbonyl (C=O) groups excluding carboxylic acids is 2. The Morgan fingerprint density at radius 1 is 1.10 bits per heavy atom. The lowest BCUT2D eigenvalue weighted by Gasteiger charge is -2.30. The minimum Gasteiger partial charge on any atom is -0.452 e. The second-order valence-corrected chi connectivity index (χ2v) is 8.23. The molecule has 1 amide bonds. The number of aryl methyl sites for hydroxylation is 1. The van der Waals surface area contributed by atoms with E-state index in [4.69, 9.17) is 0 Å². The van der Waals surface area contributed by atoms with E-state index in [1.54, 1.807) is 19.1 Å². The van der Waals surface area contributed by atoms with Gasteiger partial charge in [-0.1, -0.05) is 24.3 Å². The van der Waals surface area contributed by atoms with Crippen LogP contribution in [-0.2, 0) is 19.6 Å². The molecule has 0 aliphatic carbocycles. The first-order valence-electron chi connectivity index (χ1n) is 8.63. The summed E-state index contributed by atoms with van der Waals surface area (Å²) >= 11 is 0. The lowest BCUT2D eigenvalue weighted by molar-refractivity contribution is -0.384. The van der Waals surface area contributed by atoms with Gasteiger partial charge in [-0.25, -0.2) is 13.2 Å². The predicted octanol–water partition coefficient (Wildman–Crippen LogP) is 3.55. The van der Waals surface area contributed by atoms with Gasteiger partial charge in [0.1, 0.15) is 6.04 Å². The van der Waals surface area contributed by atoms with E-state index in [1.807, 2.05) is 0 Å². The first-order valence-corrected chi connectivity index (χ1v) is 10.1. The fraction of sp³-hybridized carbons (Fsp3) is 0.200. The highest BCUT2D eigenvalue weighted by atomic mass is 32.2. The van der Waals surface area contributed by atoms with Gasteiger partial charge in [0.05, 0.1) is 16.9 Å². The third-order valence-corrected chi connectivity index (χ3v) is 6.11. The molecule has 0 aromatic heterocycles. The molecule has 0 fully saturated rings. The Morgan fingerprint density at radius 2 is 1.63 bits per heavy atom. The van der Waals surface area contributed by atoms with Gasteiger partial charge >= 0.3 is 6.09 Å². The fourth-order valence-corrected chi connectivity index (χ4v) is 4.21. The summed E-state index contributed by atoms with van der Waals surface area (Å²) in [6, 6.07) is 9.12. The number of benzene rings is 2. The van der Waals surface area contributed by atoms with Crippen molar-refractivity contribution in [3.8, 4) is 0 Å². The average molecular weight is 432 g/mol. The molecule has 10 heteroatoms. The molecule has 0 aliphatic rings. The molecule has 2 rings (SSSR count). The number of Topliss-reactive ketones (excluding diaryl/α,β-unsaturated/α-hetero) is 1. The first kappa shape index (κ1) is 22.8. The summed E-state index contributed by atoms with van der Waals surface area (Å²) in [4.78, 5) is 34.8. The maximum atomic E-state index is 13.3. The molecular formula is C20H20N2O7S. The summed E-state index contributed by atoms with van der Waals surface area (Å²) in [7, 11) is -3.47. The van der Waals surface area contributed by atoms with Crippen molar-refractivity contribution in [1.82, 2.24) is 4.31 Å². The lowest BCUT2D eigenvalue weighted by atomic mass is 9.97. The van der Waals surface area contributed by atoms with Crippen molar-refractivity contribution in [2.45, 2.75) is 24.8 Å². The molecule has 0 unspecified atom stereocenters. The quantitative estimate of drug-likeness (QED) is 0.372. The van der Waals surface area contributed by atoms with Gasteiger partial charge in [0, 0.05) is 17.7 Å². The van der Waals surface area contributed by atoms with Gasteiger partial charge in [0.25, 0.3) is 15.7 Å². The van der Waals surface area contributed by atoms with Crippen LogP contribution in [0.15, 0.2) is 65.6 Å². The normalized spacial score (nSPS) is 12.0. The second kappa shape index (κ2) is 8.87. The largest absolute Gasteiger partial charge is 0.452 e. The van der Waals surface area contributed by atoms with Gasteiger partial charge in [0.15, 0.2) is 5.78 Å². The molecule has 1 atom stereocenters. The number of ketones is 1. The van der Waals surface area contributed by atoms with E-state index in [9.17, 15) is 28.1 Å². The molecule has 0 aliphatic heterocycles. The van der Waals surface area contributed by atoms with Crippen molar-refractivity contribution < 1.29 is 27.7 Å². The Balaban J connectivity index is 2.72. The molecule has 0 N–H and O–H groups in total. The molecule has 0 heterocycles. The number of sulfonamides is 1. The highest BCUT2D eigenvalue weighted by Gasteiger charge is 2.40. The Kier molecular flexibility index (Phi) is 6.73. The summed E-state index contributed by atoms with van der Waals surface area (Å²) in [5.41, 5.74) is 0.502. The molecule has 9 nitrogen and oxygen atoms in total. The number of ether oxygens (including phenoxy) is 1. The minimum atomic E-state index is -4.47. The zero-order valence-corrected chi connectivity index (χ0v) is 17.4. The summed E-state index contributed by atoms with van der Waals surface area (Å²) in [5, 5.41) is 10.9. The number of nitro benzene ring substituents is 1. The zero-order valence-electron chi connectivity index (χ0n) is 16.6. The molecule has 0 bridgehead atoms. The maximum absolute atomic E-state index is 13.3. The number of carbonyl (C=O) groups is 2. The Labute approximate surface area is 173 Å². The number of nitrogens with zero attached hydrogens (tertiary/aromatic N) is 2. The summed E-state index contributed by atoms with van der Waals surface area (Å²) in [6.45, 7) is 6.59. The van der Waals surface area contributed by atoms with Crippen LogP contribution in [0.5, 0.6) is 0 Å². The van der Waals surface area contributed by atoms with Gasteiger partial charge < -0.3 is 4.74 Å². The summed E-state index contributed by atoms with van der Waals surface area (Å²) in [5.74, 6) is -0.564. The van der Waals surface area contributed by atoms with Crippen LogP contribution < -0.4 is 0 Å². The van der Waals surface area contributed by atoms with Crippen molar-refractivity contribution in [2.24, 2.45) is 0 Å². The van der Waals surface area contributed by atoms with Crippen LogP contribution >= 0.6 is 0 Å². The van der Waals surface area contributed by atoms with Gasteiger partial charge in [-0.05, 0) is 43.7 Å². The smallest absolute Gasteiger partial charge is 0.424 e. The standard InChI is InChI=1S/C20H20N2O7S/c1-13-5-11-18(12-6-13)30(27,28)21(20(24)29-4)19(14(2)15(3)23)16-7-9-17(10-8-16)22(25)26/h5-12,19H,2H2,1,3-4H3/t19-/m1/s1. The Bertz CT molecular complexity index is 1090. The summed E-state index contributed by atoms with van der Waals surface area (Å²) < 4.78 is 31.8. The molecule has 158 valence electrons. The number of nitro groups is 1. The van der Waals surface area contributed by atoms with Crippen LogP contribution in [-0.4, -0.2) is 36.6 Å². The van der Waals surface area contributed by atoms with Crippen LogP contribution in [0.25, 0.3) is 0 Å². The van der Waals surface area contributed by atoms with Crippen molar-refractivity contribution >= 4 is 27.6 Å². The van der Waals surface area contributed by atoms with Crippen molar-refractivity contribution in [2.75, 3.05) is 7.11 Å². The molecule has 0 saturated heterocycles. The number of rotatable bonds is 7. The van der Waals surface area contributed by atoms with Gasteiger partial charge in [-0.15, -0.1) is 0 Å². The third-order valence-electron chi connectivity index (χ3n) is 4.37. The topological polar surface area (TPSA) is 124 Å². The van der Waals surface area contributed by atoms with Crippen molar-refractivity contribution in [1.29, 1.82) is 0 Å². The van der Waals surface area contributed by atoms with Crippen LogP contribution in [0, 0.1) is 17.0 Å². The number of hydrogen-bond donors (Lipinski definition) is 0. The molecule has 0 saturated carbocycles. The highest BCUT2D eigenvalue weighted by Crippen LogP contribution is 2.34. The Morgan fingerprint density at radius 3 is 2.07 bits per heavy atom. The van der Waals surface area contributed by atoms with Crippen LogP contribution in [0.1, 0.15) is 24.1 Å². The molecular weight excluding hydrogens is 412 g/mol. The number of non-ortho nitro benzene ring substituents is 1. The Hall–Kier alpha value is -3.53. The fourth-order valence-electron chi connectivity index (χ4n) is 2.71. The number of hydrogen-bond acceptors (Lipinski definition) is 7. The van der Waals surface area contributed by atoms with Gasteiger partial charge in [-0.2, -0.15) is 4.31 Å². The number of amides is 1. The molecule has 0 spiro atoms. The van der Waals surface area contributed by atoms with Gasteiger partial charge in [-0.3, -0.25) is 14.9 Å². The molecule has 2 aromatic rings. The van der Waals surface area contributed by atoms with E-state index in [-0.39, 0.29) is 21.7 Å². The van der Waals surface area contributed by atoms with E-state index in [0.29, 0.717) is 4.31 Å². The number of methoxy groups -OCH3 is 1. The minimum absolute atomic E-state index is 0.141. The average Bonchev–Trinajstić information content (AvgIpc) is 2.71. The van der Waals surface area contributed by atoms with E-state index < -0.39 is 32.9 Å². The predicted molar refractivity (Wildman–Crippen MR) is 108 cm³/mol. The van der Waals surface area contributed by atoms with Crippen LogP contribution in [0.3, 0.4) is 0 Å². The zero-order chi connectivity index (χ0) is 22.6. The monoisotopic (exact) mass is 432 g/mol. The van der Waals surface area contributed by atoms with Crippen LogP contribution in [0.2, 0.25) is 0 Å². The van der Waals surface area contributed by atoms with E-state index in [0.717, 1.165) is 24.8 Å². The molecule has 30 heavy (non-hydrogen) atoms. The van der Waals surface area contributed by atoms with E-state index in [1.165, 1.54) is 31.2 Å². The van der Waals surface area contributed by atoms with Crippen molar-refractivity contribution in [3.05, 3.63) is 81.9 Å². The van der Waals surface area contributed by atoms with Crippen molar-refractivity contribution in [3.63, 3.8) is 0 Å². The van der Waals surface area contributed by atoms with E-state index in [2.05, 4.69) is 11.3 Å². The highest BCUT2D eigenvalue weighted by molar-refractivity contribution is 7.89. The lowest BCUT2D eigenvalue weighted by Crippen LogP contribution is -2.41. The molecule has 0 radical (unpaired) electrons. The second-order valence-electron chi connectivity index (χ2n) is 6.42. The molecule has 2 aromatic carbocycles. The SMILES string of the molecule is C=C(C(C)=O)[C@H](c1ccc([N+](=O)[O-])cc1)N(C(=O)OC)S(=O)(=O)c1ccc(C)cc1. The van der Waals surface area contributed by atoms with Gasteiger partial charge in [0.2, 0.25) is 0 Å². The maximum Gasteiger partial charge on any atom is 0.424 e. The third kappa shape index (κ3) is 4.54.